The molecule has 2 heterocycles. The molecule has 0 amide bonds. The summed E-state index contributed by atoms with van der Waals surface area (Å²) >= 11 is 1.53. The van der Waals surface area contributed by atoms with Crippen LogP contribution in [0.15, 0.2) is 42.0 Å². The summed E-state index contributed by atoms with van der Waals surface area (Å²) in [7, 11) is 0. The Hall–Kier alpha value is -2.27. The van der Waals surface area contributed by atoms with Gasteiger partial charge in [0.05, 0.1) is 21.8 Å². The van der Waals surface area contributed by atoms with E-state index in [0.29, 0.717) is 0 Å². The van der Waals surface area contributed by atoms with Crippen molar-refractivity contribution in [1.82, 2.24) is 15.0 Å². The van der Waals surface area contributed by atoms with Crippen molar-refractivity contribution in [2.24, 2.45) is 0 Å². The summed E-state index contributed by atoms with van der Waals surface area (Å²) in [6.45, 7) is 1.86. The lowest BCUT2D eigenvalue weighted by Gasteiger charge is -2.03. The van der Waals surface area contributed by atoms with Gasteiger partial charge in [-0.15, -0.1) is 11.3 Å². The molecule has 0 fully saturated rings. The summed E-state index contributed by atoms with van der Waals surface area (Å²) in [6.07, 6.45) is 1.74. The standard InChI is InChI=1S/C14H11N3OS/c1-9-15-6-5-12(17-9)14-13(16-8-19-14)10-3-2-4-11(18)7-10/h2-8,18H,1H3. The van der Waals surface area contributed by atoms with Crippen molar-refractivity contribution in [3.63, 3.8) is 0 Å². The monoisotopic (exact) mass is 269 g/mol. The molecule has 0 atom stereocenters. The molecule has 5 heteroatoms. The molecule has 0 spiro atoms. The molecule has 0 bridgehead atoms. The first kappa shape index (κ1) is 11.8. The molecule has 4 nitrogen and oxygen atoms in total. The molecule has 19 heavy (non-hydrogen) atoms. The highest BCUT2D eigenvalue weighted by molar-refractivity contribution is 7.13. The van der Waals surface area contributed by atoms with Crippen molar-refractivity contribution in [3.05, 3.63) is 47.9 Å². The van der Waals surface area contributed by atoms with Gasteiger partial charge in [-0.05, 0) is 25.1 Å². The number of phenols is 1. The molecule has 1 aromatic carbocycles. The molecule has 3 aromatic rings. The molecule has 0 aliphatic heterocycles. The zero-order chi connectivity index (χ0) is 13.2. The lowest BCUT2D eigenvalue weighted by atomic mass is 10.1. The highest BCUT2D eigenvalue weighted by Gasteiger charge is 2.12. The third-order valence-electron chi connectivity index (χ3n) is 2.70. The second kappa shape index (κ2) is 4.78. The van der Waals surface area contributed by atoms with Crippen LogP contribution in [0.25, 0.3) is 21.8 Å². The lowest BCUT2D eigenvalue weighted by Crippen LogP contribution is -1.90. The number of hydrogen-bond acceptors (Lipinski definition) is 5. The Bertz CT molecular complexity index is 664. The van der Waals surface area contributed by atoms with Gasteiger partial charge in [0.15, 0.2) is 0 Å². The SMILES string of the molecule is Cc1nccc(-c2scnc2-c2cccc(O)c2)n1. The van der Waals surface area contributed by atoms with Crippen molar-refractivity contribution in [3.8, 4) is 27.6 Å². The molecule has 1 N–H and O–H groups in total. The number of aromatic nitrogens is 3. The number of aryl methyl sites for hydroxylation is 1. The summed E-state index contributed by atoms with van der Waals surface area (Å²) in [6, 6.07) is 8.94. The van der Waals surface area contributed by atoms with Crippen LogP contribution in [0.5, 0.6) is 5.75 Å². The first-order valence-corrected chi connectivity index (χ1v) is 6.65. The number of rotatable bonds is 2. The Balaban J connectivity index is 2.13. The summed E-state index contributed by atoms with van der Waals surface area (Å²) in [4.78, 5) is 13.9. The smallest absolute Gasteiger partial charge is 0.125 e. The molecule has 3 rings (SSSR count). The van der Waals surface area contributed by atoms with Crippen LogP contribution < -0.4 is 0 Å². The second-order valence-electron chi connectivity index (χ2n) is 4.07. The van der Waals surface area contributed by atoms with Crippen LogP contribution in [0.1, 0.15) is 5.82 Å². The summed E-state index contributed by atoms with van der Waals surface area (Å²) < 4.78 is 0. The number of phenolic OH excluding ortho intramolecular Hbond substituents is 1. The zero-order valence-electron chi connectivity index (χ0n) is 10.2. The van der Waals surface area contributed by atoms with Crippen LogP contribution in [0.3, 0.4) is 0 Å². The fourth-order valence-electron chi connectivity index (χ4n) is 1.87. The van der Waals surface area contributed by atoms with E-state index >= 15 is 0 Å². The number of hydrogen-bond donors (Lipinski definition) is 1. The number of nitrogens with zero attached hydrogens (tertiary/aromatic N) is 3. The van der Waals surface area contributed by atoms with Gasteiger partial charge < -0.3 is 5.11 Å². The molecule has 0 aliphatic carbocycles. The maximum atomic E-state index is 9.57. The Morgan fingerprint density at radius 3 is 2.84 bits per heavy atom. The van der Waals surface area contributed by atoms with Gasteiger partial charge >= 0.3 is 0 Å². The second-order valence-corrected chi connectivity index (χ2v) is 4.92. The third kappa shape index (κ3) is 2.32. The van der Waals surface area contributed by atoms with E-state index in [-0.39, 0.29) is 5.75 Å². The first-order chi connectivity index (χ1) is 9.24. The predicted octanol–water partition coefficient (Wildman–Crippen LogP) is 3.28. The minimum Gasteiger partial charge on any atom is -0.508 e. The summed E-state index contributed by atoms with van der Waals surface area (Å²) in [5, 5.41) is 9.57. The number of benzene rings is 1. The molecular weight excluding hydrogens is 258 g/mol. The normalized spacial score (nSPS) is 10.6. The largest absolute Gasteiger partial charge is 0.508 e. The minimum absolute atomic E-state index is 0.232. The van der Waals surface area contributed by atoms with Gasteiger partial charge in [0.25, 0.3) is 0 Å². The number of aromatic hydroxyl groups is 1. The van der Waals surface area contributed by atoms with Gasteiger partial charge in [0.1, 0.15) is 11.6 Å². The van der Waals surface area contributed by atoms with Crippen LogP contribution in [0, 0.1) is 6.92 Å². The van der Waals surface area contributed by atoms with Crippen molar-refractivity contribution >= 4 is 11.3 Å². The highest BCUT2D eigenvalue weighted by Crippen LogP contribution is 2.34. The molecule has 0 radical (unpaired) electrons. The third-order valence-corrected chi connectivity index (χ3v) is 3.54. The summed E-state index contributed by atoms with van der Waals surface area (Å²) in [5.74, 6) is 0.961. The van der Waals surface area contributed by atoms with Crippen LogP contribution in [0.4, 0.5) is 0 Å². The zero-order valence-corrected chi connectivity index (χ0v) is 11.1. The van der Waals surface area contributed by atoms with Crippen LogP contribution in [0.2, 0.25) is 0 Å². The van der Waals surface area contributed by atoms with Gasteiger partial charge in [0, 0.05) is 11.8 Å². The van der Waals surface area contributed by atoms with Gasteiger partial charge in [-0.2, -0.15) is 0 Å². The van der Waals surface area contributed by atoms with E-state index in [1.807, 2.05) is 19.1 Å². The fourth-order valence-corrected chi connectivity index (χ4v) is 2.65. The maximum Gasteiger partial charge on any atom is 0.125 e. The van der Waals surface area contributed by atoms with Gasteiger partial charge in [-0.1, -0.05) is 12.1 Å². The minimum atomic E-state index is 0.232. The highest BCUT2D eigenvalue weighted by atomic mass is 32.1. The first-order valence-electron chi connectivity index (χ1n) is 5.77. The lowest BCUT2D eigenvalue weighted by molar-refractivity contribution is 0.475. The average Bonchev–Trinajstić information content (AvgIpc) is 2.88. The molecule has 94 valence electrons. The van der Waals surface area contributed by atoms with Gasteiger partial charge in [0.2, 0.25) is 0 Å². The Kier molecular flexibility index (Phi) is 2.97. The van der Waals surface area contributed by atoms with E-state index in [1.54, 1.807) is 29.9 Å². The van der Waals surface area contributed by atoms with Crippen molar-refractivity contribution in [2.75, 3.05) is 0 Å². The van der Waals surface area contributed by atoms with Crippen molar-refractivity contribution < 1.29 is 5.11 Å². The van der Waals surface area contributed by atoms with Crippen LogP contribution in [-0.2, 0) is 0 Å². The molecule has 0 unspecified atom stereocenters. The van der Waals surface area contributed by atoms with E-state index in [4.69, 9.17) is 0 Å². The molecule has 0 aliphatic rings. The average molecular weight is 269 g/mol. The molecular formula is C14H11N3OS. The van der Waals surface area contributed by atoms with Gasteiger partial charge in [-0.25, -0.2) is 15.0 Å². The quantitative estimate of drug-likeness (QED) is 0.775. The fraction of sp³-hybridized carbons (Fsp3) is 0.0714. The molecule has 2 aromatic heterocycles. The maximum absolute atomic E-state index is 9.57. The molecule has 0 saturated heterocycles. The number of thiazole rings is 1. The van der Waals surface area contributed by atoms with Crippen LogP contribution in [-0.4, -0.2) is 20.1 Å². The molecule has 0 saturated carbocycles. The Morgan fingerprint density at radius 1 is 1.16 bits per heavy atom. The van der Waals surface area contributed by atoms with Crippen LogP contribution >= 0.6 is 11.3 Å². The Labute approximate surface area is 114 Å². The van der Waals surface area contributed by atoms with E-state index in [0.717, 1.165) is 27.7 Å². The van der Waals surface area contributed by atoms with E-state index in [9.17, 15) is 5.11 Å². The predicted molar refractivity (Wildman–Crippen MR) is 75.0 cm³/mol. The van der Waals surface area contributed by atoms with Crippen molar-refractivity contribution in [1.29, 1.82) is 0 Å². The summed E-state index contributed by atoms with van der Waals surface area (Å²) in [5.41, 5.74) is 4.35. The van der Waals surface area contributed by atoms with E-state index in [2.05, 4.69) is 15.0 Å². The van der Waals surface area contributed by atoms with Gasteiger partial charge in [-0.3, -0.25) is 0 Å². The van der Waals surface area contributed by atoms with Crippen molar-refractivity contribution in [2.45, 2.75) is 6.92 Å². The topological polar surface area (TPSA) is 58.9 Å². The Morgan fingerprint density at radius 2 is 2.05 bits per heavy atom. The van der Waals surface area contributed by atoms with E-state index in [1.165, 1.54) is 11.3 Å². The van der Waals surface area contributed by atoms with E-state index < -0.39 is 0 Å².